The van der Waals surface area contributed by atoms with Crippen LogP contribution in [0.2, 0.25) is 0 Å². The number of hydrogen-bond acceptors (Lipinski definition) is 6. The summed E-state index contributed by atoms with van der Waals surface area (Å²) >= 11 is 0. The van der Waals surface area contributed by atoms with E-state index in [0.29, 0.717) is 18.4 Å². The molecule has 4 rings (SSSR count). The fraction of sp³-hybridized carbons (Fsp3) is 0.333. The van der Waals surface area contributed by atoms with E-state index in [-0.39, 0.29) is 24.1 Å². The summed E-state index contributed by atoms with van der Waals surface area (Å²) in [5.74, 6) is 1.29. The van der Waals surface area contributed by atoms with Gasteiger partial charge < -0.3 is 10.1 Å². The van der Waals surface area contributed by atoms with E-state index in [1.54, 1.807) is 23.4 Å². The Morgan fingerprint density at radius 3 is 2.82 bits per heavy atom. The van der Waals surface area contributed by atoms with Crippen LogP contribution in [0.1, 0.15) is 32.4 Å². The molecule has 2 atom stereocenters. The number of amides is 1. The van der Waals surface area contributed by atoms with E-state index in [0.717, 1.165) is 16.5 Å². The first-order valence-electron chi connectivity index (χ1n) is 9.43. The molecule has 144 valence electrons. The second-order valence-corrected chi connectivity index (χ2v) is 7.32. The molecular weight excluding hydrogens is 354 g/mol. The van der Waals surface area contributed by atoms with Gasteiger partial charge in [0, 0.05) is 17.8 Å². The second-order valence-electron chi connectivity index (χ2n) is 7.32. The molecule has 7 heteroatoms. The lowest BCUT2D eigenvalue weighted by Gasteiger charge is -2.23. The van der Waals surface area contributed by atoms with Crippen LogP contribution in [0.15, 0.2) is 48.8 Å². The molecule has 1 fully saturated rings. The van der Waals surface area contributed by atoms with Crippen molar-refractivity contribution >= 4 is 28.8 Å². The van der Waals surface area contributed by atoms with Gasteiger partial charge in [-0.1, -0.05) is 26.0 Å². The Bertz CT molecular complexity index is 1010. The highest BCUT2D eigenvalue weighted by molar-refractivity contribution is 5.89. The van der Waals surface area contributed by atoms with Gasteiger partial charge in [0.25, 0.3) is 0 Å². The molecule has 3 aromatic rings. The van der Waals surface area contributed by atoms with Gasteiger partial charge in [-0.25, -0.2) is 9.78 Å². The summed E-state index contributed by atoms with van der Waals surface area (Å²) in [7, 11) is 0. The van der Waals surface area contributed by atoms with Crippen molar-refractivity contribution in [3.05, 3.63) is 54.4 Å². The third kappa shape index (κ3) is 3.47. The van der Waals surface area contributed by atoms with Crippen LogP contribution in [-0.2, 0) is 4.74 Å². The molecule has 2 unspecified atom stereocenters. The minimum absolute atomic E-state index is 0.00807. The van der Waals surface area contributed by atoms with Gasteiger partial charge >= 0.3 is 6.09 Å². The summed E-state index contributed by atoms with van der Waals surface area (Å²) in [6.07, 6.45) is 3.08. The van der Waals surface area contributed by atoms with Crippen molar-refractivity contribution in [3.63, 3.8) is 0 Å². The molecule has 1 N–H and O–H groups in total. The van der Waals surface area contributed by atoms with Crippen LogP contribution in [0.5, 0.6) is 0 Å². The fourth-order valence-corrected chi connectivity index (χ4v) is 3.38. The van der Waals surface area contributed by atoms with Crippen molar-refractivity contribution < 1.29 is 9.53 Å². The smallest absolute Gasteiger partial charge is 0.415 e. The van der Waals surface area contributed by atoms with Crippen LogP contribution >= 0.6 is 0 Å². The predicted octanol–water partition coefficient (Wildman–Crippen LogP) is 4.18. The molecule has 7 nitrogen and oxygen atoms in total. The first-order valence-corrected chi connectivity index (χ1v) is 9.43. The number of rotatable bonds is 5. The van der Waals surface area contributed by atoms with Crippen molar-refractivity contribution in [1.82, 2.24) is 15.0 Å². The Morgan fingerprint density at radius 1 is 1.14 bits per heavy atom. The molecule has 1 aliphatic rings. The first kappa shape index (κ1) is 18.2. The number of cyclic esters (lactones) is 1. The predicted molar refractivity (Wildman–Crippen MR) is 108 cm³/mol. The third-order valence-corrected chi connectivity index (χ3v) is 5.04. The lowest BCUT2D eigenvalue weighted by molar-refractivity contribution is 0.177. The number of ether oxygens (including phenoxy) is 1. The molecule has 3 heterocycles. The molecule has 1 aromatic carbocycles. The number of nitrogens with zero attached hydrogens (tertiary/aromatic N) is 4. The van der Waals surface area contributed by atoms with Gasteiger partial charge in [0.05, 0.1) is 17.6 Å². The number of fused-ring (bicyclic) bond motifs is 1. The van der Waals surface area contributed by atoms with Crippen molar-refractivity contribution in [2.24, 2.45) is 5.92 Å². The summed E-state index contributed by atoms with van der Waals surface area (Å²) in [5, 5.41) is 4.41. The number of aromatic nitrogens is 3. The minimum atomic E-state index is -0.363. The van der Waals surface area contributed by atoms with Gasteiger partial charge in [-0.05, 0) is 42.7 Å². The maximum atomic E-state index is 12.2. The quantitative estimate of drug-likeness (QED) is 0.718. The van der Waals surface area contributed by atoms with Crippen molar-refractivity contribution in [1.29, 1.82) is 0 Å². The molecular formula is C21H23N5O2. The normalized spacial score (nSPS) is 17.8. The number of anilines is 2. The van der Waals surface area contributed by atoms with E-state index < -0.39 is 0 Å². The van der Waals surface area contributed by atoms with Gasteiger partial charge in [0.15, 0.2) is 0 Å². The van der Waals surface area contributed by atoms with Gasteiger partial charge in [-0.3, -0.25) is 9.88 Å². The van der Waals surface area contributed by atoms with Crippen molar-refractivity contribution in [2.45, 2.75) is 32.9 Å². The van der Waals surface area contributed by atoms with E-state index in [1.807, 2.05) is 24.3 Å². The summed E-state index contributed by atoms with van der Waals surface area (Å²) in [6.45, 7) is 6.56. The van der Waals surface area contributed by atoms with Crippen LogP contribution in [-0.4, -0.2) is 33.7 Å². The third-order valence-electron chi connectivity index (χ3n) is 5.04. The topological polar surface area (TPSA) is 80.2 Å². The zero-order valence-corrected chi connectivity index (χ0v) is 16.2. The molecule has 28 heavy (non-hydrogen) atoms. The SMILES string of the molecule is CC(Nc1nccc(N2C(=O)OCC2C(C)C)n1)c1ccc2ncccc2c1. The Kier molecular flexibility index (Phi) is 4.81. The first-order chi connectivity index (χ1) is 13.5. The Morgan fingerprint density at radius 2 is 2.00 bits per heavy atom. The highest BCUT2D eigenvalue weighted by Gasteiger charge is 2.37. The van der Waals surface area contributed by atoms with Gasteiger partial charge in [-0.15, -0.1) is 0 Å². The molecule has 1 amide bonds. The fourth-order valence-electron chi connectivity index (χ4n) is 3.38. The Labute approximate surface area is 163 Å². The number of hydrogen-bond donors (Lipinski definition) is 1. The summed E-state index contributed by atoms with van der Waals surface area (Å²) in [4.78, 5) is 27.0. The largest absolute Gasteiger partial charge is 0.447 e. The summed E-state index contributed by atoms with van der Waals surface area (Å²) < 4.78 is 5.23. The molecule has 0 saturated carbocycles. The van der Waals surface area contributed by atoms with Crippen LogP contribution in [0.4, 0.5) is 16.6 Å². The standard InChI is InChI=1S/C21H23N5O2/c1-13(2)18-12-28-21(27)26(18)19-8-10-23-20(25-19)24-14(3)15-6-7-17-16(11-15)5-4-9-22-17/h4-11,13-14,18H,12H2,1-3H3,(H,23,24,25). The number of carbonyl (C=O) groups excluding carboxylic acids is 1. The number of nitrogens with one attached hydrogen (secondary N) is 1. The van der Waals surface area contributed by atoms with Gasteiger partial charge in [-0.2, -0.15) is 4.98 Å². The average molecular weight is 377 g/mol. The molecule has 1 saturated heterocycles. The summed E-state index contributed by atoms with van der Waals surface area (Å²) in [5.41, 5.74) is 2.07. The highest BCUT2D eigenvalue weighted by atomic mass is 16.6. The Hall–Kier alpha value is -3.22. The Balaban J connectivity index is 1.56. The van der Waals surface area contributed by atoms with Crippen LogP contribution < -0.4 is 10.2 Å². The van der Waals surface area contributed by atoms with E-state index >= 15 is 0 Å². The maximum absolute atomic E-state index is 12.2. The zero-order valence-electron chi connectivity index (χ0n) is 16.2. The monoisotopic (exact) mass is 377 g/mol. The van der Waals surface area contributed by atoms with Crippen molar-refractivity contribution in [2.75, 3.05) is 16.8 Å². The van der Waals surface area contributed by atoms with Crippen LogP contribution in [0.3, 0.4) is 0 Å². The number of benzene rings is 1. The second kappa shape index (κ2) is 7.42. The molecule has 1 aliphatic heterocycles. The molecule has 0 aliphatic carbocycles. The molecule has 2 aromatic heterocycles. The van der Waals surface area contributed by atoms with Crippen LogP contribution in [0, 0.1) is 5.92 Å². The van der Waals surface area contributed by atoms with Crippen molar-refractivity contribution in [3.8, 4) is 0 Å². The van der Waals surface area contributed by atoms with Gasteiger partial charge in [0.2, 0.25) is 5.95 Å². The average Bonchev–Trinajstić information content (AvgIpc) is 3.09. The van der Waals surface area contributed by atoms with E-state index in [4.69, 9.17) is 4.74 Å². The van der Waals surface area contributed by atoms with E-state index in [9.17, 15) is 4.79 Å². The highest BCUT2D eigenvalue weighted by Crippen LogP contribution is 2.27. The zero-order chi connectivity index (χ0) is 19.7. The summed E-state index contributed by atoms with van der Waals surface area (Å²) in [6, 6.07) is 11.8. The minimum Gasteiger partial charge on any atom is -0.447 e. The molecule has 0 bridgehead atoms. The maximum Gasteiger partial charge on any atom is 0.415 e. The lowest BCUT2D eigenvalue weighted by Crippen LogP contribution is -2.37. The molecule has 0 radical (unpaired) electrons. The van der Waals surface area contributed by atoms with E-state index in [1.165, 1.54) is 0 Å². The lowest BCUT2D eigenvalue weighted by atomic mass is 10.0. The van der Waals surface area contributed by atoms with Gasteiger partial charge in [0.1, 0.15) is 12.4 Å². The van der Waals surface area contributed by atoms with E-state index in [2.05, 4.69) is 47.1 Å². The van der Waals surface area contributed by atoms with Crippen LogP contribution in [0.25, 0.3) is 10.9 Å². The number of pyridine rings is 1. The number of carbonyl (C=O) groups is 1. The molecule has 0 spiro atoms.